The highest BCUT2D eigenvalue weighted by Crippen LogP contribution is 2.26. The van der Waals surface area contributed by atoms with E-state index in [1.54, 1.807) is 0 Å². The molecule has 18 heavy (non-hydrogen) atoms. The van der Waals surface area contributed by atoms with Crippen molar-refractivity contribution in [2.75, 3.05) is 0 Å². The molecular weight excluding hydrogens is 222 g/mol. The maximum absolute atomic E-state index is 5.47. The van der Waals surface area contributed by atoms with E-state index < -0.39 is 0 Å². The molecule has 2 nitrogen and oxygen atoms in total. The number of aromatic nitrogens is 1. The first-order chi connectivity index (χ1) is 8.86. The first-order valence-corrected chi connectivity index (χ1v) is 7.06. The largest absolute Gasteiger partial charge is 0.372 e. The van der Waals surface area contributed by atoms with Crippen LogP contribution in [0.1, 0.15) is 43.7 Å². The lowest BCUT2D eigenvalue weighted by atomic mass is 10.1. The highest BCUT2D eigenvalue weighted by molar-refractivity contribution is 5.84. The molecule has 0 N–H and O–H groups in total. The number of nitrogens with zero attached hydrogens (tertiary/aromatic N) is 1. The predicted octanol–water partition coefficient (Wildman–Crippen LogP) is 4.25. The van der Waals surface area contributed by atoms with Crippen LogP contribution in [0.5, 0.6) is 0 Å². The number of fused-ring (bicyclic) bond motifs is 2. The van der Waals surface area contributed by atoms with E-state index in [1.165, 1.54) is 47.6 Å². The fourth-order valence-electron chi connectivity index (χ4n) is 2.74. The second-order valence-electron chi connectivity index (χ2n) is 5.30. The number of aryl methyl sites for hydroxylation is 1. The Morgan fingerprint density at radius 2 is 1.67 bits per heavy atom. The van der Waals surface area contributed by atoms with Crippen molar-refractivity contribution < 1.29 is 4.74 Å². The van der Waals surface area contributed by atoms with E-state index in [4.69, 9.17) is 4.74 Å². The molecule has 1 aliphatic rings. The molecule has 2 heterocycles. The lowest BCUT2D eigenvalue weighted by Crippen LogP contribution is -1.93. The summed E-state index contributed by atoms with van der Waals surface area (Å²) >= 11 is 0. The van der Waals surface area contributed by atoms with Crippen LogP contribution in [0.4, 0.5) is 0 Å². The molecule has 0 saturated carbocycles. The summed E-state index contributed by atoms with van der Waals surface area (Å²) in [6.07, 6.45) is 9.85. The number of unbranched alkanes of at least 4 members (excludes halogenated alkanes) is 3. The molecule has 0 atom stereocenters. The van der Waals surface area contributed by atoms with Crippen LogP contribution >= 0.6 is 0 Å². The highest BCUT2D eigenvalue weighted by atomic mass is 16.5. The maximum atomic E-state index is 5.47. The SMILES string of the molecule is CCCCCCn1cc2cc3c(cc2c1)COC3. The van der Waals surface area contributed by atoms with Crippen molar-refractivity contribution in [1.29, 1.82) is 0 Å². The van der Waals surface area contributed by atoms with Crippen LogP contribution < -0.4 is 0 Å². The van der Waals surface area contributed by atoms with Gasteiger partial charge in [0.05, 0.1) is 13.2 Å². The van der Waals surface area contributed by atoms with Crippen LogP contribution in [-0.2, 0) is 24.5 Å². The summed E-state index contributed by atoms with van der Waals surface area (Å²) in [6.45, 7) is 4.98. The molecule has 0 bridgehead atoms. The Morgan fingerprint density at radius 3 is 2.28 bits per heavy atom. The van der Waals surface area contributed by atoms with Crippen LogP contribution in [0.25, 0.3) is 10.8 Å². The lowest BCUT2D eigenvalue weighted by Gasteiger charge is -2.01. The molecule has 2 aromatic rings. The Kier molecular flexibility index (Phi) is 3.37. The molecule has 1 aromatic carbocycles. The summed E-state index contributed by atoms with van der Waals surface area (Å²) in [5.41, 5.74) is 2.73. The molecular formula is C16H21NO. The molecule has 2 heteroatoms. The summed E-state index contributed by atoms with van der Waals surface area (Å²) in [7, 11) is 0. The maximum Gasteiger partial charge on any atom is 0.0725 e. The van der Waals surface area contributed by atoms with Crippen LogP contribution in [0.3, 0.4) is 0 Å². The normalized spacial score (nSPS) is 14.3. The van der Waals surface area contributed by atoms with Crippen LogP contribution in [0, 0.1) is 0 Å². The van der Waals surface area contributed by atoms with Gasteiger partial charge in [-0.05, 0) is 40.5 Å². The van der Waals surface area contributed by atoms with Gasteiger partial charge in [0, 0.05) is 18.9 Å². The number of ether oxygens (including phenoxy) is 1. The van der Waals surface area contributed by atoms with Gasteiger partial charge in [-0.1, -0.05) is 26.2 Å². The van der Waals surface area contributed by atoms with Gasteiger partial charge in [-0.25, -0.2) is 0 Å². The Balaban J connectivity index is 1.75. The fourth-order valence-corrected chi connectivity index (χ4v) is 2.74. The van der Waals surface area contributed by atoms with Gasteiger partial charge in [-0.2, -0.15) is 0 Å². The van der Waals surface area contributed by atoms with Crippen LogP contribution in [-0.4, -0.2) is 4.57 Å². The van der Waals surface area contributed by atoms with Gasteiger partial charge in [-0.15, -0.1) is 0 Å². The fraction of sp³-hybridized carbons (Fsp3) is 0.500. The first kappa shape index (κ1) is 11.8. The third-order valence-corrected chi connectivity index (χ3v) is 3.80. The van der Waals surface area contributed by atoms with Gasteiger partial charge < -0.3 is 9.30 Å². The number of benzene rings is 1. The van der Waals surface area contributed by atoms with E-state index in [2.05, 4.69) is 36.0 Å². The first-order valence-electron chi connectivity index (χ1n) is 7.06. The average molecular weight is 243 g/mol. The van der Waals surface area contributed by atoms with Crippen molar-refractivity contribution >= 4 is 10.8 Å². The third-order valence-electron chi connectivity index (χ3n) is 3.80. The predicted molar refractivity (Wildman–Crippen MR) is 74.6 cm³/mol. The number of rotatable bonds is 5. The van der Waals surface area contributed by atoms with Crippen molar-refractivity contribution in [1.82, 2.24) is 4.57 Å². The van der Waals surface area contributed by atoms with E-state index >= 15 is 0 Å². The zero-order chi connectivity index (χ0) is 12.4. The van der Waals surface area contributed by atoms with Crippen molar-refractivity contribution in [2.24, 2.45) is 0 Å². The number of hydrogen-bond acceptors (Lipinski definition) is 1. The molecule has 0 spiro atoms. The monoisotopic (exact) mass is 243 g/mol. The van der Waals surface area contributed by atoms with E-state index in [0.717, 1.165) is 19.8 Å². The molecule has 0 radical (unpaired) electrons. The Labute approximate surface area is 109 Å². The second kappa shape index (κ2) is 5.15. The van der Waals surface area contributed by atoms with Crippen molar-refractivity contribution in [3.05, 3.63) is 35.7 Å². The van der Waals surface area contributed by atoms with Gasteiger partial charge in [0.2, 0.25) is 0 Å². The molecule has 1 aromatic heterocycles. The number of hydrogen-bond donors (Lipinski definition) is 0. The van der Waals surface area contributed by atoms with Gasteiger partial charge in [0.15, 0.2) is 0 Å². The molecule has 0 fully saturated rings. The molecule has 96 valence electrons. The second-order valence-corrected chi connectivity index (χ2v) is 5.30. The molecule has 0 aliphatic carbocycles. The van der Waals surface area contributed by atoms with Gasteiger partial charge in [0.25, 0.3) is 0 Å². The summed E-state index contributed by atoms with van der Waals surface area (Å²) in [4.78, 5) is 0. The molecule has 0 saturated heterocycles. The highest BCUT2D eigenvalue weighted by Gasteiger charge is 2.12. The summed E-state index contributed by atoms with van der Waals surface area (Å²) in [5, 5.41) is 2.71. The minimum atomic E-state index is 0.785. The quantitative estimate of drug-likeness (QED) is 0.716. The zero-order valence-corrected chi connectivity index (χ0v) is 11.1. The van der Waals surface area contributed by atoms with Gasteiger partial charge in [-0.3, -0.25) is 0 Å². The Hall–Kier alpha value is -1.28. The third kappa shape index (κ3) is 2.30. The minimum Gasteiger partial charge on any atom is -0.372 e. The standard InChI is InChI=1S/C16H21NO/c1-2-3-4-5-6-17-9-13-7-15-11-18-12-16(15)8-14(13)10-17/h7-10H,2-6,11-12H2,1H3. The summed E-state index contributed by atoms with van der Waals surface area (Å²) in [6, 6.07) is 4.58. The summed E-state index contributed by atoms with van der Waals surface area (Å²) < 4.78 is 7.81. The Morgan fingerprint density at radius 1 is 1.00 bits per heavy atom. The van der Waals surface area contributed by atoms with Gasteiger partial charge in [0.1, 0.15) is 0 Å². The average Bonchev–Trinajstić information content (AvgIpc) is 2.96. The van der Waals surface area contributed by atoms with Crippen molar-refractivity contribution in [2.45, 2.75) is 52.4 Å². The van der Waals surface area contributed by atoms with E-state index in [-0.39, 0.29) is 0 Å². The van der Waals surface area contributed by atoms with Crippen LogP contribution in [0.15, 0.2) is 24.5 Å². The molecule has 0 amide bonds. The molecule has 0 unspecified atom stereocenters. The van der Waals surface area contributed by atoms with Crippen molar-refractivity contribution in [3.63, 3.8) is 0 Å². The molecule has 1 aliphatic heterocycles. The van der Waals surface area contributed by atoms with E-state index in [9.17, 15) is 0 Å². The lowest BCUT2D eigenvalue weighted by molar-refractivity contribution is 0.134. The topological polar surface area (TPSA) is 14.2 Å². The molecule has 3 rings (SSSR count). The van der Waals surface area contributed by atoms with E-state index in [1.807, 2.05) is 0 Å². The zero-order valence-electron chi connectivity index (χ0n) is 11.1. The van der Waals surface area contributed by atoms with Crippen LogP contribution in [0.2, 0.25) is 0 Å². The Bertz CT molecular complexity index is 500. The minimum absolute atomic E-state index is 0.785. The van der Waals surface area contributed by atoms with E-state index in [0.29, 0.717) is 0 Å². The van der Waals surface area contributed by atoms with Crippen molar-refractivity contribution in [3.8, 4) is 0 Å². The van der Waals surface area contributed by atoms with Gasteiger partial charge >= 0.3 is 0 Å². The smallest absolute Gasteiger partial charge is 0.0725 e. The summed E-state index contributed by atoms with van der Waals surface area (Å²) in [5.74, 6) is 0.